The number of hydrazine groups is 1. The van der Waals surface area contributed by atoms with Gasteiger partial charge in [-0.05, 0) is 72.4 Å². The SMILES string of the molecule is COc1cc(/C=C2/SC(=S)N(NC(=O)c3ccc(Cl)cc3)C2=O)ccc1OCc1c(F)cccc1Cl. The number of nitrogens with zero attached hydrogens (tertiary/aromatic N) is 1. The lowest BCUT2D eigenvalue weighted by atomic mass is 10.1. The van der Waals surface area contributed by atoms with Crippen molar-refractivity contribution >= 4 is 69.4 Å². The zero-order chi connectivity index (χ0) is 25.8. The molecule has 11 heteroatoms. The molecule has 3 aromatic carbocycles. The van der Waals surface area contributed by atoms with Crippen molar-refractivity contribution in [2.24, 2.45) is 0 Å². The average molecular weight is 563 g/mol. The van der Waals surface area contributed by atoms with Gasteiger partial charge in [-0.2, -0.15) is 5.01 Å². The van der Waals surface area contributed by atoms with Gasteiger partial charge in [0.2, 0.25) is 0 Å². The number of amides is 2. The van der Waals surface area contributed by atoms with Crippen LogP contribution in [0.5, 0.6) is 11.5 Å². The fourth-order valence-electron chi connectivity index (χ4n) is 3.20. The van der Waals surface area contributed by atoms with Crippen molar-refractivity contribution in [3.63, 3.8) is 0 Å². The summed E-state index contributed by atoms with van der Waals surface area (Å²) < 4.78 is 25.3. The van der Waals surface area contributed by atoms with Gasteiger partial charge in [-0.25, -0.2) is 4.39 Å². The van der Waals surface area contributed by atoms with Gasteiger partial charge in [-0.15, -0.1) is 0 Å². The first-order valence-corrected chi connectivity index (χ1v) is 12.3. The van der Waals surface area contributed by atoms with E-state index in [0.717, 1.165) is 16.8 Å². The lowest BCUT2D eigenvalue weighted by Crippen LogP contribution is -2.44. The Morgan fingerprint density at radius 3 is 2.58 bits per heavy atom. The van der Waals surface area contributed by atoms with Gasteiger partial charge in [0.25, 0.3) is 11.8 Å². The lowest BCUT2D eigenvalue weighted by molar-refractivity contribution is -0.123. The van der Waals surface area contributed by atoms with E-state index >= 15 is 0 Å². The molecule has 184 valence electrons. The summed E-state index contributed by atoms with van der Waals surface area (Å²) in [4.78, 5) is 25.7. The van der Waals surface area contributed by atoms with Crippen LogP contribution in [0, 0.1) is 5.82 Å². The van der Waals surface area contributed by atoms with E-state index in [9.17, 15) is 14.0 Å². The van der Waals surface area contributed by atoms with Crippen molar-refractivity contribution in [1.82, 2.24) is 10.4 Å². The van der Waals surface area contributed by atoms with E-state index in [1.807, 2.05) is 0 Å². The number of thioether (sulfide) groups is 1. The van der Waals surface area contributed by atoms with E-state index in [1.54, 1.807) is 54.6 Å². The second kappa shape index (κ2) is 11.3. The van der Waals surface area contributed by atoms with E-state index in [4.69, 9.17) is 44.9 Å². The van der Waals surface area contributed by atoms with Crippen LogP contribution in [0.4, 0.5) is 4.39 Å². The molecule has 1 fully saturated rings. The molecule has 2 amide bonds. The molecule has 3 aromatic rings. The van der Waals surface area contributed by atoms with Crippen LogP contribution in [0.25, 0.3) is 6.08 Å². The highest BCUT2D eigenvalue weighted by molar-refractivity contribution is 8.26. The van der Waals surface area contributed by atoms with E-state index in [0.29, 0.717) is 32.6 Å². The number of hydrogen-bond donors (Lipinski definition) is 1. The Morgan fingerprint density at radius 2 is 1.89 bits per heavy atom. The lowest BCUT2D eigenvalue weighted by Gasteiger charge is -2.15. The highest BCUT2D eigenvalue weighted by Gasteiger charge is 2.33. The highest BCUT2D eigenvalue weighted by atomic mass is 35.5. The number of thiocarbonyl (C=S) groups is 1. The van der Waals surface area contributed by atoms with Crippen molar-refractivity contribution in [3.8, 4) is 11.5 Å². The molecule has 0 unspecified atom stereocenters. The van der Waals surface area contributed by atoms with Crippen LogP contribution < -0.4 is 14.9 Å². The monoisotopic (exact) mass is 562 g/mol. The van der Waals surface area contributed by atoms with E-state index < -0.39 is 17.6 Å². The maximum absolute atomic E-state index is 14.0. The maximum Gasteiger partial charge on any atom is 0.285 e. The average Bonchev–Trinajstić information content (AvgIpc) is 3.11. The smallest absolute Gasteiger partial charge is 0.285 e. The van der Waals surface area contributed by atoms with Gasteiger partial charge in [0.05, 0.1) is 17.0 Å². The summed E-state index contributed by atoms with van der Waals surface area (Å²) in [6.07, 6.45) is 1.62. The molecule has 1 aliphatic rings. The van der Waals surface area contributed by atoms with E-state index in [2.05, 4.69) is 5.43 Å². The molecule has 0 saturated carbocycles. The molecule has 1 saturated heterocycles. The number of benzene rings is 3. The summed E-state index contributed by atoms with van der Waals surface area (Å²) in [5.41, 5.74) is 3.71. The van der Waals surface area contributed by atoms with Crippen LogP contribution in [0.1, 0.15) is 21.5 Å². The van der Waals surface area contributed by atoms with E-state index in [1.165, 1.54) is 19.2 Å². The summed E-state index contributed by atoms with van der Waals surface area (Å²) in [6.45, 7) is -0.0901. The summed E-state index contributed by atoms with van der Waals surface area (Å²) in [5, 5.41) is 1.77. The number of halogens is 3. The normalized spacial score (nSPS) is 14.3. The molecule has 0 atom stereocenters. The first kappa shape index (κ1) is 26.0. The third kappa shape index (κ3) is 5.82. The number of rotatable bonds is 7. The van der Waals surface area contributed by atoms with Gasteiger partial charge in [0, 0.05) is 16.1 Å². The van der Waals surface area contributed by atoms with Crippen molar-refractivity contribution in [1.29, 1.82) is 0 Å². The zero-order valence-corrected chi connectivity index (χ0v) is 21.7. The summed E-state index contributed by atoms with van der Waals surface area (Å²) in [6, 6.07) is 15.7. The van der Waals surface area contributed by atoms with Gasteiger partial charge >= 0.3 is 0 Å². The second-order valence-electron chi connectivity index (χ2n) is 7.36. The van der Waals surface area contributed by atoms with Crippen LogP contribution >= 0.6 is 47.2 Å². The third-order valence-corrected chi connectivity index (χ3v) is 6.94. The Bertz CT molecular complexity index is 1360. The van der Waals surface area contributed by atoms with Crippen molar-refractivity contribution < 1.29 is 23.5 Å². The molecule has 6 nitrogen and oxygen atoms in total. The van der Waals surface area contributed by atoms with Crippen molar-refractivity contribution in [2.45, 2.75) is 6.61 Å². The molecular formula is C25H17Cl2FN2O4S2. The van der Waals surface area contributed by atoms with Crippen molar-refractivity contribution in [2.75, 3.05) is 7.11 Å². The molecule has 1 aliphatic heterocycles. The maximum atomic E-state index is 14.0. The predicted octanol–water partition coefficient (Wildman–Crippen LogP) is 6.27. The number of carbonyl (C=O) groups is 2. The zero-order valence-electron chi connectivity index (χ0n) is 18.6. The van der Waals surface area contributed by atoms with Crippen LogP contribution in [0.3, 0.4) is 0 Å². The fourth-order valence-corrected chi connectivity index (χ4v) is 4.72. The van der Waals surface area contributed by atoms with Crippen LogP contribution in [-0.2, 0) is 11.4 Å². The Morgan fingerprint density at radius 1 is 1.14 bits per heavy atom. The van der Waals surface area contributed by atoms with Gasteiger partial charge in [0.15, 0.2) is 15.8 Å². The largest absolute Gasteiger partial charge is 0.493 e. The minimum Gasteiger partial charge on any atom is -0.493 e. The minimum atomic E-state index is -0.498. The standard InChI is InChI=1S/C25H17Cl2FN2O4S2/c1-33-21-11-14(5-10-20(21)34-13-17-18(27)3-2-4-19(17)28)12-22-24(32)30(25(35)36-22)29-23(31)15-6-8-16(26)9-7-15/h2-12H,13H2,1H3,(H,29,31)/b22-12+. The minimum absolute atomic E-state index is 0.0901. The summed E-state index contributed by atoms with van der Waals surface area (Å²) in [7, 11) is 1.47. The summed E-state index contributed by atoms with van der Waals surface area (Å²) in [5.74, 6) is -0.689. The molecule has 1 N–H and O–H groups in total. The molecule has 0 radical (unpaired) electrons. The number of nitrogens with one attached hydrogen (secondary N) is 1. The number of hydrogen-bond acceptors (Lipinski definition) is 6. The molecule has 0 aromatic heterocycles. The first-order valence-electron chi connectivity index (χ1n) is 10.3. The Hall–Kier alpha value is -3.11. The fraction of sp³-hybridized carbons (Fsp3) is 0.0800. The third-order valence-electron chi connectivity index (χ3n) is 5.03. The van der Waals surface area contributed by atoms with Gasteiger partial charge in [-0.1, -0.05) is 47.1 Å². The van der Waals surface area contributed by atoms with Gasteiger partial charge in [-0.3, -0.25) is 15.0 Å². The molecule has 0 spiro atoms. The number of ether oxygens (including phenoxy) is 2. The Balaban J connectivity index is 1.48. The Labute approximate surface area is 225 Å². The van der Waals surface area contributed by atoms with Gasteiger partial charge < -0.3 is 9.47 Å². The molecule has 1 heterocycles. The number of carbonyl (C=O) groups excluding carboxylic acids is 2. The van der Waals surface area contributed by atoms with Crippen LogP contribution in [0.2, 0.25) is 10.0 Å². The molecule has 0 aliphatic carbocycles. The van der Waals surface area contributed by atoms with Crippen LogP contribution in [0.15, 0.2) is 65.6 Å². The topological polar surface area (TPSA) is 67.9 Å². The molecule has 36 heavy (non-hydrogen) atoms. The molecule has 0 bridgehead atoms. The molecular weight excluding hydrogens is 546 g/mol. The second-order valence-corrected chi connectivity index (χ2v) is 9.88. The number of methoxy groups -OCH3 is 1. The summed E-state index contributed by atoms with van der Waals surface area (Å²) >= 11 is 18.2. The van der Waals surface area contributed by atoms with Crippen LogP contribution in [-0.4, -0.2) is 28.3 Å². The predicted molar refractivity (Wildman–Crippen MR) is 143 cm³/mol. The van der Waals surface area contributed by atoms with Crippen molar-refractivity contribution in [3.05, 3.63) is 98.1 Å². The van der Waals surface area contributed by atoms with E-state index in [-0.39, 0.29) is 21.5 Å². The first-order chi connectivity index (χ1) is 17.3. The molecule has 4 rings (SSSR count). The Kier molecular flexibility index (Phi) is 8.15. The van der Waals surface area contributed by atoms with Gasteiger partial charge in [0.1, 0.15) is 12.4 Å². The quantitative estimate of drug-likeness (QED) is 0.270. The highest BCUT2D eigenvalue weighted by Crippen LogP contribution is 2.35.